The van der Waals surface area contributed by atoms with Crippen LogP contribution in [-0.4, -0.2) is 50.8 Å². The maximum atomic E-state index is 14.4. The molecule has 0 spiro atoms. The van der Waals surface area contributed by atoms with Gasteiger partial charge in [-0.2, -0.15) is 5.10 Å². The fourth-order valence-corrected chi connectivity index (χ4v) is 4.57. The van der Waals surface area contributed by atoms with Crippen LogP contribution in [-0.2, 0) is 0 Å². The number of benzene rings is 1. The van der Waals surface area contributed by atoms with Crippen LogP contribution >= 0.6 is 0 Å². The van der Waals surface area contributed by atoms with E-state index in [1.807, 2.05) is 17.0 Å². The third-order valence-corrected chi connectivity index (χ3v) is 5.99. The second kappa shape index (κ2) is 6.77. The number of fused-ring (bicyclic) bond motifs is 1. The average Bonchev–Trinajstić information content (AvgIpc) is 3.33. The Kier molecular flexibility index (Phi) is 4.28. The van der Waals surface area contributed by atoms with Crippen LogP contribution in [0.1, 0.15) is 41.7 Å². The van der Waals surface area contributed by atoms with Crippen molar-refractivity contribution in [3.8, 4) is 0 Å². The number of aromatic nitrogens is 2. The quantitative estimate of drug-likeness (QED) is 0.718. The zero-order chi connectivity index (χ0) is 21.0. The summed E-state index contributed by atoms with van der Waals surface area (Å²) in [5, 5.41) is 14.2. The van der Waals surface area contributed by atoms with Gasteiger partial charge in [-0.15, -0.1) is 0 Å². The predicted molar refractivity (Wildman–Crippen MR) is 107 cm³/mol. The largest absolute Gasteiger partial charge is 0.386 e. The standard InChI is InChI=1S/C22H22F2N4O2/c1-22(30)12-26(13-22)21(29)17-11-25-28-8-6-15(10-20(17)28)27-7-2-3-19(27)16-9-14(23)4-5-18(16)24/h4-6,8-11,19,30H,2-3,7,12-13H2,1H3/t19-/m1/s1. The highest BCUT2D eigenvalue weighted by atomic mass is 19.1. The van der Waals surface area contributed by atoms with Crippen molar-refractivity contribution in [3.63, 3.8) is 0 Å². The number of aliphatic hydroxyl groups is 1. The van der Waals surface area contributed by atoms with Gasteiger partial charge in [-0.25, -0.2) is 13.3 Å². The van der Waals surface area contributed by atoms with Crippen LogP contribution in [0.4, 0.5) is 14.5 Å². The van der Waals surface area contributed by atoms with Gasteiger partial charge < -0.3 is 14.9 Å². The molecule has 3 aromatic rings. The summed E-state index contributed by atoms with van der Waals surface area (Å²) in [6, 6.07) is 7.03. The molecule has 30 heavy (non-hydrogen) atoms. The Hall–Kier alpha value is -3.00. The average molecular weight is 412 g/mol. The summed E-state index contributed by atoms with van der Waals surface area (Å²) in [4.78, 5) is 16.5. The number of halogens is 2. The molecule has 156 valence electrons. The van der Waals surface area contributed by atoms with E-state index in [2.05, 4.69) is 5.10 Å². The lowest BCUT2D eigenvalue weighted by molar-refractivity contribution is -0.0668. The lowest BCUT2D eigenvalue weighted by atomic mass is 9.96. The van der Waals surface area contributed by atoms with Gasteiger partial charge >= 0.3 is 0 Å². The zero-order valence-corrected chi connectivity index (χ0v) is 16.6. The molecule has 2 aliphatic rings. The van der Waals surface area contributed by atoms with Crippen LogP contribution in [0.15, 0.2) is 42.7 Å². The Morgan fingerprint density at radius 2 is 2.03 bits per heavy atom. The van der Waals surface area contributed by atoms with Gasteiger partial charge in [0.1, 0.15) is 11.6 Å². The molecule has 2 fully saturated rings. The minimum absolute atomic E-state index is 0.178. The predicted octanol–water partition coefficient (Wildman–Crippen LogP) is 3.16. The number of hydrogen-bond acceptors (Lipinski definition) is 4. The van der Waals surface area contributed by atoms with Gasteiger partial charge in [-0.1, -0.05) is 0 Å². The topological polar surface area (TPSA) is 61.1 Å². The molecule has 2 aliphatic heterocycles. The molecule has 1 aromatic carbocycles. The second-order valence-electron chi connectivity index (χ2n) is 8.45. The number of β-amino-alcohol motifs (C(OH)–C–C–N with tert-alkyl or cyclic N) is 1. The van der Waals surface area contributed by atoms with E-state index in [0.29, 0.717) is 23.2 Å². The van der Waals surface area contributed by atoms with Gasteiger partial charge in [0, 0.05) is 24.0 Å². The summed E-state index contributed by atoms with van der Waals surface area (Å²) in [5.41, 5.74) is 1.44. The summed E-state index contributed by atoms with van der Waals surface area (Å²) >= 11 is 0. The molecule has 0 unspecified atom stereocenters. The highest BCUT2D eigenvalue weighted by molar-refractivity contribution is 6.01. The van der Waals surface area contributed by atoms with Crippen LogP contribution in [0.5, 0.6) is 0 Å². The van der Waals surface area contributed by atoms with E-state index in [-0.39, 0.29) is 25.0 Å². The van der Waals surface area contributed by atoms with E-state index in [4.69, 9.17) is 0 Å². The molecule has 1 atom stereocenters. The summed E-state index contributed by atoms with van der Waals surface area (Å²) in [7, 11) is 0. The molecule has 6 nitrogen and oxygen atoms in total. The Labute approximate surface area is 172 Å². The van der Waals surface area contributed by atoms with Gasteiger partial charge in [0.05, 0.1) is 42.0 Å². The van der Waals surface area contributed by atoms with Crippen molar-refractivity contribution < 1.29 is 18.7 Å². The molecule has 1 amide bonds. The maximum absolute atomic E-state index is 14.4. The van der Waals surface area contributed by atoms with E-state index in [1.165, 1.54) is 18.3 Å². The van der Waals surface area contributed by atoms with E-state index >= 15 is 0 Å². The SMILES string of the molecule is CC1(O)CN(C(=O)c2cnn3ccc(N4CCC[C@@H]4c4cc(F)ccc4F)cc23)C1. The highest BCUT2D eigenvalue weighted by Gasteiger charge is 2.40. The smallest absolute Gasteiger partial charge is 0.257 e. The molecule has 2 aromatic heterocycles. The second-order valence-corrected chi connectivity index (χ2v) is 8.45. The number of carbonyl (C=O) groups excluding carboxylic acids is 1. The first-order valence-corrected chi connectivity index (χ1v) is 10.0. The number of amides is 1. The first-order chi connectivity index (χ1) is 14.3. The number of nitrogens with zero attached hydrogens (tertiary/aromatic N) is 4. The number of rotatable bonds is 3. The Morgan fingerprint density at radius 3 is 2.80 bits per heavy atom. The highest BCUT2D eigenvalue weighted by Crippen LogP contribution is 2.38. The number of hydrogen-bond donors (Lipinski definition) is 1. The molecule has 1 N–H and O–H groups in total. The number of pyridine rings is 1. The van der Waals surface area contributed by atoms with Gasteiger partial charge in [-0.3, -0.25) is 4.79 Å². The van der Waals surface area contributed by atoms with Crippen molar-refractivity contribution in [2.75, 3.05) is 24.5 Å². The lowest BCUT2D eigenvalue weighted by Crippen LogP contribution is -2.61. The Morgan fingerprint density at radius 1 is 1.23 bits per heavy atom. The molecular weight excluding hydrogens is 390 g/mol. The Bertz CT molecular complexity index is 1140. The third kappa shape index (κ3) is 3.11. The first-order valence-electron chi connectivity index (χ1n) is 10.0. The van der Waals surface area contributed by atoms with Crippen molar-refractivity contribution in [1.29, 1.82) is 0 Å². The van der Waals surface area contributed by atoms with E-state index in [9.17, 15) is 18.7 Å². The summed E-state index contributed by atoms with van der Waals surface area (Å²) < 4.78 is 29.8. The number of carbonyl (C=O) groups is 1. The van der Waals surface area contributed by atoms with Crippen molar-refractivity contribution in [2.24, 2.45) is 0 Å². The molecular formula is C22H22F2N4O2. The first kappa shape index (κ1) is 19.0. The van der Waals surface area contributed by atoms with Crippen LogP contribution in [0.3, 0.4) is 0 Å². The number of anilines is 1. The normalized spacial score (nSPS) is 20.6. The van der Waals surface area contributed by atoms with Gasteiger partial charge in [-0.05, 0) is 50.1 Å². The molecule has 0 saturated carbocycles. The van der Waals surface area contributed by atoms with E-state index in [0.717, 1.165) is 24.6 Å². The van der Waals surface area contributed by atoms with Crippen molar-refractivity contribution in [3.05, 3.63) is 65.5 Å². The summed E-state index contributed by atoms with van der Waals surface area (Å²) in [5.74, 6) is -1.05. The minimum atomic E-state index is -0.846. The van der Waals surface area contributed by atoms with Gasteiger partial charge in [0.2, 0.25) is 0 Å². The lowest BCUT2D eigenvalue weighted by Gasteiger charge is -2.44. The fraction of sp³-hybridized carbons (Fsp3) is 0.364. The molecule has 8 heteroatoms. The number of likely N-dealkylation sites (tertiary alicyclic amines) is 1. The van der Waals surface area contributed by atoms with Crippen molar-refractivity contribution >= 4 is 17.1 Å². The Balaban J connectivity index is 1.49. The van der Waals surface area contributed by atoms with Gasteiger partial charge in [0.25, 0.3) is 5.91 Å². The molecule has 4 heterocycles. The third-order valence-electron chi connectivity index (χ3n) is 5.99. The maximum Gasteiger partial charge on any atom is 0.257 e. The van der Waals surface area contributed by atoms with Gasteiger partial charge in [0.15, 0.2) is 0 Å². The molecule has 2 saturated heterocycles. The summed E-state index contributed by atoms with van der Waals surface area (Å²) in [6.07, 6.45) is 4.88. The van der Waals surface area contributed by atoms with Crippen LogP contribution < -0.4 is 4.90 Å². The van der Waals surface area contributed by atoms with E-state index in [1.54, 1.807) is 22.5 Å². The van der Waals surface area contributed by atoms with Crippen LogP contribution in [0, 0.1) is 11.6 Å². The van der Waals surface area contributed by atoms with Crippen molar-refractivity contribution in [2.45, 2.75) is 31.4 Å². The zero-order valence-electron chi connectivity index (χ0n) is 16.6. The van der Waals surface area contributed by atoms with Crippen LogP contribution in [0.25, 0.3) is 5.52 Å². The fourth-order valence-electron chi connectivity index (χ4n) is 4.57. The van der Waals surface area contributed by atoms with Crippen LogP contribution in [0.2, 0.25) is 0 Å². The summed E-state index contributed by atoms with van der Waals surface area (Å²) in [6.45, 7) is 2.99. The molecule has 0 bridgehead atoms. The van der Waals surface area contributed by atoms with E-state index < -0.39 is 17.2 Å². The molecule has 5 rings (SSSR count). The molecule has 0 aliphatic carbocycles. The minimum Gasteiger partial charge on any atom is -0.386 e. The molecule has 0 radical (unpaired) electrons. The monoisotopic (exact) mass is 412 g/mol. The van der Waals surface area contributed by atoms with Crippen molar-refractivity contribution in [1.82, 2.24) is 14.5 Å².